The van der Waals surface area contributed by atoms with Gasteiger partial charge in [0, 0.05) is 7.11 Å². The van der Waals surface area contributed by atoms with Gasteiger partial charge in [0.25, 0.3) is 0 Å². The van der Waals surface area contributed by atoms with Crippen LogP contribution in [0.1, 0.15) is 6.92 Å². The number of ether oxygens (including phenoxy) is 1. The zero-order valence-electron chi connectivity index (χ0n) is 5.53. The van der Waals surface area contributed by atoms with Crippen molar-refractivity contribution in [2.24, 2.45) is 0 Å². The van der Waals surface area contributed by atoms with Crippen LogP contribution in [0.2, 0.25) is 0 Å². The molecule has 0 heterocycles. The second kappa shape index (κ2) is 2.57. The Bertz CT molecular complexity index is 131. The SMILES string of the molecule is COC(C)(C=O)C(F)(F)F. The molecule has 60 valence electrons. The van der Waals surface area contributed by atoms with E-state index >= 15 is 0 Å². The average molecular weight is 156 g/mol. The quantitative estimate of drug-likeness (QED) is 0.560. The molecule has 0 bridgehead atoms. The van der Waals surface area contributed by atoms with Gasteiger partial charge in [-0.05, 0) is 6.92 Å². The van der Waals surface area contributed by atoms with Gasteiger partial charge >= 0.3 is 6.18 Å². The minimum Gasteiger partial charge on any atom is -0.362 e. The van der Waals surface area contributed by atoms with Crippen molar-refractivity contribution in [2.45, 2.75) is 18.7 Å². The van der Waals surface area contributed by atoms with Gasteiger partial charge in [0.05, 0.1) is 0 Å². The summed E-state index contributed by atoms with van der Waals surface area (Å²) < 4.78 is 39.2. The summed E-state index contributed by atoms with van der Waals surface area (Å²) in [4.78, 5) is 9.86. The second-order valence-corrected chi connectivity index (χ2v) is 1.93. The van der Waals surface area contributed by atoms with Crippen LogP contribution in [0.5, 0.6) is 0 Å². The van der Waals surface area contributed by atoms with Gasteiger partial charge in [0.1, 0.15) is 0 Å². The lowest BCUT2D eigenvalue weighted by atomic mass is 10.1. The average Bonchev–Trinajstić information content (AvgIpc) is 1.84. The lowest BCUT2D eigenvalue weighted by Gasteiger charge is -2.23. The largest absolute Gasteiger partial charge is 0.424 e. The van der Waals surface area contributed by atoms with Gasteiger partial charge in [-0.2, -0.15) is 13.2 Å². The smallest absolute Gasteiger partial charge is 0.362 e. The number of alkyl halides is 3. The maximum atomic E-state index is 11.7. The van der Waals surface area contributed by atoms with Crippen molar-refractivity contribution >= 4 is 6.29 Å². The molecule has 0 rings (SSSR count). The molecule has 0 aliphatic rings. The number of hydrogen-bond acceptors (Lipinski definition) is 2. The van der Waals surface area contributed by atoms with Crippen LogP contribution in [0.4, 0.5) is 13.2 Å². The number of aldehydes is 1. The monoisotopic (exact) mass is 156 g/mol. The summed E-state index contributed by atoms with van der Waals surface area (Å²) in [5.41, 5.74) is -2.66. The number of carbonyl (C=O) groups is 1. The summed E-state index contributed by atoms with van der Waals surface area (Å²) in [6.07, 6.45) is -4.91. The highest BCUT2D eigenvalue weighted by atomic mass is 19.4. The fourth-order valence-electron chi connectivity index (χ4n) is 0.231. The van der Waals surface area contributed by atoms with E-state index in [-0.39, 0.29) is 6.29 Å². The highest BCUT2D eigenvalue weighted by molar-refractivity contribution is 5.63. The van der Waals surface area contributed by atoms with Crippen LogP contribution in [-0.4, -0.2) is 25.2 Å². The third kappa shape index (κ3) is 1.47. The molecule has 0 aromatic rings. The van der Waals surface area contributed by atoms with Crippen LogP contribution < -0.4 is 0 Å². The van der Waals surface area contributed by atoms with Gasteiger partial charge in [-0.1, -0.05) is 0 Å². The molecule has 0 amide bonds. The molecule has 5 heteroatoms. The summed E-state index contributed by atoms with van der Waals surface area (Å²) in [5.74, 6) is 0. The summed E-state index contributed by atoms with van der Waals surface area (Å²) in [7, 11) is 0.835. The van der Waals surface area contributed by atoms with Gasteiger partial charge in [-0.15, -0.1) is 0 Å². The molecule has 1 atom stereocenters. The van der Waals surface area contributed by atoms with Gasteiger partial charge in [0.15, 0.2) is 6.29 Å². The van der Waals surface area contributed by atoms with Crippen molar-refractivity contribution in [1.29, 1.82) is 0 Å². The van der Waals surface area contributed by atoms with E-state index < -0.39 is 11.8 Å². The van der Waals surface area contributed by atoms with Gasteiger partial charge in [0.2, 0.25) is 5.60 Å². The molecule has 0 spiro atoms. The number of halogens is 3. The Morgan fingerprint density at radius 3 is 1.80 bits per heavy atom. The first-order valence-electron chi connectivity index (χ1n) is 2.45. The number of methoxy groups -OCH3 is 1. The molecule has 0 aliphatic carbocycles. The van der Waals surface area contributed by atoms with E-state index in [9.17, 15) is 18.0 Å². The molecule has 10 heavy (non-hydrogen) atoms. The summed E-state index contributed by atoms with van der Waals surface area (Å²) in [6.45, 7) is 0.667. The summed E-state index contributed by atoms with van der Waals surface area (Å²) in [5, 5.41) is 0. The molecular formula is C5H7F3O2. The molecule has 0 saturated heterocycles. The Hall–Kier alpha value is -0.580. The van der Waals surface area contributed by atoms with E-state index in [4.69, 9.17) is 0 Å². The zero-order valence-corrected chi connectivity index (χ0v) is 5.53. The summed E-state index contributed by atoms with van der Waals surface area (Å²) in [6, 6.07) is 0. The molecular weight excluding hydrogens is 149 g/mol. The highest BCUT2D eigenvalue weighted by Gasteiger charge is 2.51. The van der Waals surface area contributed by atoms with Crippen LogP contribution in [-0.2, 0) is 9.53 Å². The molecule has 0 saturated carbocycles. The number of rotatable bonds is 2. The third-order valence-electron chi connectivity index (χ3n) is 1.21. The van der Waals surface area contributed by atoms with Crippen molar-refractivity contribution in [2.75, 3.05) is 7.11 Å². The minimum absolute atomic E-state index is 0.271. The predicted octanol–water partition coefficient (Wildman–Crippen LogP) is 1.15. The molecule has 0 radical (unpaired) electrons. The first-order valence-corrected chi connectivity index (χ1v) is 2.45. The standard InChI is InChI=1S/C5H7F3O2/c1-4(3-9,10-2)5(6,7)8/h3H,1-2H3. The Morgan fingerprint density at radius 2 is 1.80 bits per heavy atom. The van der Waals surface area contributed by atoms with Gasteiger partial charge in [-0.25, -0.2) is 0 Å². The van der Waals surface area contributed by atoms with Crippen molar-refractivity contribution in [1.82, 2.24) is 0 Å². The Balaban J connectivity index is 4.48. The van der Waals surface area contributed by atoms with Crippen LogP contribution in [0.15, 0.2) is 0 Å². The molecule has 0 aromatic carbocycles. The van der Waals surface area contributed by atoms with Crippen molar-refractivity contribution in [3.8, 4) is 0 Å². The maximum absolute atomic E-state index is 11.7. The normalized spacial score (nSPS) is 18.1. The topological polar surface area (TPSA) is 26.3 Å². The van der Waals surface area contributed by atoms with E-state index in [1.165, 1.54) is 0 Å². The third-order valence-corrected chi connectivity index (χ3v) is 1.21. The van der Waals surface area contributed by atoms with E-state index in [1.807, 2.05) is 0 Å². The van der Waals surface area contributed by atoms with Gasteiger partial charge < -0.3 is 4.74 Å². The predicted molar refractivity (Wildman–Crippen MR) is 27.5 cm³/mol. The Labute approximate surface area is 56.0 Å². The molecule has 1 unspecified atom stereocenters. The molecule has 0 aliphatic heterocycles. The molecule has 0 N–H and O–H groups in total. The number of hydrogen-bond donors (Lipinski definition) is 0. The second-order valence-electron chi connectivity index (χ2n) is 1.93. The fourth-order valence-corrected chi connectivity index (χ4v) is 0.231. The molecule has 2 nitrogen and oxygen atoms in total. The molecule has 0 fully saturated rings. The summed E-state index contributed by atoms with van der Waals surface area (Å²) >= 11 is 0. The fraction of sp³-hybridized carbons (Fsp3) is 0.800. The number of carbonyl (C=O) groups excluding carboxylic acids is 1. The van der Waals surface area contributed by atoms with Crippen molar-refractivity contribution in [3.63, 3.8) is 0 Å². The van der Waals surface area contributed by atoms with Crippen LogP contribution in [0.3, 0.4) is 0 Å². The Morgan fingerprint density at radius 1 is 1.40 bits per heavy atom. The van der Waals surface area contributed by atoms with Crippen LogP contribution in [0.25, 0.3) is 0 Å². The van der Waals surface area contributed by atoms with Crippen LogP contribution >= 0.6 is 0 Å². The van der Waals surface area contributed by atoms with E-state index in [0.717, 1.165) is 7.11 Å². The van der Waals surface area contributed by atoms with Gasteiger partial charge in [-0.3, -0.25) is 4.79 Å². The minimum atomic E-state index is -4.64. The maximum Gasteiger partial charge on any atom is 0.424 e. The highest BCUT2D eigenvalue weighted by Crippen LogP contribution is 2.30. The zero-order chi connectivity index (χ0) is 8.41. The molecule has 0 aromatic heterocycles. The van der Waals surface area contributed by atoms with Crippen molar-refractivity contribution < 1.29 is 22.7 Å². The lowest BCUT2D eigenvalue weighted by molar-refractivity contribution is -0.246. The van der Waals surface area contributed by atoms with E-state index in [2.05, 4.69) is 4.74 Å². The van der Waals surface area contributed by atoms with Crippen molar-refractivity contribution in [3.05, 3.63) is 0 Å². The van der Waals surface area contributed by atoms with Crippen LogP contribution in [0, 0.1) is 0 Å². The van der Waals surface area contributed by atoms with E-state index in [0.29, 0.717) is 6.92 Å². The van der Waals surface area contributed by atoms with E-state index in [1.54, 1.807) is 0 Å². The first-order chi connectivity index (χ1) is 4.37. The Kier molecular flexibility index (Phi) is 2.42. The lowest BCUT2D eigenvalue weighted by Crippen LogP contribution is -2.45. The first kappa shape index (κ1) is 9.42.